The van der Waals surface area contributed by atoms with Gasteiger partial charge >= 0.3 is 0 Å². The molecule has 0 fully saturated rings. The van der Waals surface area contributed by atoms with Crippen molar-refractivity contribution >= 4 is 43.2 Å². The molecular formula is C23H24BrClN2O4S. The molecule has 0 aliphatic rings. The van der Waals surface area contributed by atoms with Crippen molar-refractivity contribution < 1.29 is 18.6 Å². The highest BCUT2D eigenvalue weighted by Gasteiger charge is 2.17. The van der Waals surface area contributed by atoms with Gasteiger partial charge in [-0.2, -0.15) is 0 Å². The summed E-state index contributed by atoms with van der Waals surface area (Å²) in [6.45, 7) is 2.44. The fraction of sp³-hybridized carbons (Fsp3) is 0.217. The zero-order chi connectivity index (χ0) is 23.3. The van der Waals surface area contributed by atoms with E-state index in [1.807, 2.05) is 6.92 Å². The molecule has 6 nitrogen and oxygen atoms in total. The van der Waals surface area contributed by atoms with Crippen molar-refractivity contribution in [2.75, 3.05) is 11.3 Å². The van der Waals surface area contributed by atoms with Crippen LogP contribution in [-0.2, 0) is 16.4 Å². The van der Waals surface area contributed by atoms with Gasteiger partial charge in [-0.3, -0.25) is 4.72 Å². The van der Waals surface area contributed by atoms with Crippen LogP contribution in [0.15, 0.2) is 76.1 Å². The largest absolute Gasteiger partial charge is 0.508 e. The van der Waals surface area contributed by atoms with Crippen LogP contribution in [0.2, 0.25) is 5.02 Å². The summed E-state index contributed by atoms with van der Waals surface area (Å²) >= 11 is 9.66. The van der Waals surface area contributed by atoms with Crippen molar-refractivity contribution in [2.45, 2.75) is 30.4 Å². The molecule has 0 amide bonds. The predicted octanol–water partition coefficient (Wildman–Crippen LogP) is 4.86. The number of aliphatic hydroxyl groups is 1. The van der Waals surface area contributed by atoms with E-state index in [9.17, 15) is 18.6 Å². The minimum atomic E-state index is -3.71. The third kappa shape index (κ3) is 6.46. The van der Waals surface area contributed by atoms with Crippen LogP contribution in [-0.4, -0.2) is 31.2 Å². The van der Waals surface area contributed by atoms with Gasteiger partial charge in [-0.05, 0) is 79.5 Å². The Morgan fingerprint density at radius 2 is 1.69 bits per heavy atom. The average molecular weight is 540 g/mol. The molecule has 0 saturated heterocycles. The van der Waals surface area contributed by atoms with E-state index in [1.54, 1.807) is 42.5 Å². The van der Waals surface area contributed by atoms with E-state index in [0.29, 0.717) is 29.2 Å². The Morgan fingerprint density at radius 3 is 2.31 bits per heavy atom. The SMILES string of the molecule is C[C@H](NCCc1ccc(NS(=O)(=O)c2ccc(Br)cc2)cc1Cl)[C@H](O)c1ccc(O)cc1. The van der Waals surface area contributed by atoms with E-state index < -0.39 is 16.1 Å². The minimum absolute atomic E-state index is 0.152. The first kappa shape index (κ1) is 24.5. The third-order valence-electron chi connectivity index (χ3n) is 5.00. The lowest BCUT2D eigenvalue weighted by atomic mass is 10.0. The van der Waals surface area contributed by atoms with E-state index in [2.05, 4.69) is 26.0 Å². The van der Waals surface area contributed by atoms with E-state index >= 15 is 0 Å². The summed E-state index contributed by atoms with van der Waals surface area (Å²) in [7, 11) is -3.71. The second-order valence-electron chi connectivity index (χ2n) is 7.39. The molecule has 3 aromatic rings. The molecule has 4 N–H and O–H groups in total. The van der Waals surface area contributed by atoms with E-state index in [1.165, 1.54) is 24.3 Å². The van der Waals surface area contributed by atoms with Crippen LogP contribution in [0.1, 0.15) is 24.2 Å². The molecule has 0 radical (unpaired) electrons. The Kier molecular flexibility index (Phi) is 8.19. The summed E-state index contributed by atoms with van der Waals surface area (Å²) < 4.78 is 28.4. The van der Waals surface area contributed by atoms with Gasteiger partial charge in [0.15, 0.2) is 0 Å². The number of halogens is 2. The van der Waals surface area contributed by atoms with Crippen molar-refractivity contribution in [3.05, 3.63) is 87.4 Å². The Labute approximate surface area is 201 Å². The number of sulfonamides is 1. The molecular weight excluding hydrogens is 516 g/mol. The van der Waals surface area contributed by atoms with E-state index in [0.717, 1.165) is 10.0 Å². The molecule has 3 rings (SSSR count). The maximum atomic E-state index is 12.5. The normalized spacial score (nSPS) is 13.5. The number of anilines is 1. The first-order valence-electron chi connectivity index (χ1n) is 9.93. The standard InChI is InChI=1S/C23H24BrClN2O4S/c1-15(23(29)17-3-8-20(28)9-4-17)26-13-12-16-2-7-19(14-22(16)25)27-32(30,31)21-10-5-18(24)6-11-21/h2-11,14-15,23,26-29H,12-13H2,1H3/t15-,23-/m0/s1. The van der Waals surface area contributed by atoms with Crippen LogP contribution in [0.25, 0.3) is 0 Å². The van der Waals surface area contributed by atoms with Crippen LogP contribution in [0.5, 0.6) is 5.75 Å². The van der Waals surface area contributed by atoms with Gasteiger partial charge < -0.3 is 15.5 Å². The Morgan fingerprint density at radius 1 is 1.03 bits per heavy atom. The van der Waals surface area contributed by atoms with Crippen LogP contribution in [0.4, 0.5) is 5.69 Å². The highest BCUT2D eigenvalue weighted by Crippen LogP contribution is 2.25. The second-order valence-corrected chi connectivity index (χ2v) is 10.4. The van der Waals surface area contributed by atoms with Crippen molar-refractivity contribution in [3.63, 3.8) is 0 Å². The fourth-order valence-corrected chi connectivity index (χ4v) is 4.74. The number of benzene rings is 3. The van der Waals surface area contributed by atoms with Crippen LogP contribution in [0.3, 0.4) is 0 Å². The van der Waals surface area contributed by atoms with Crippen LogP contribution >= 0.6 is 27.5 Å². The quantitative estimate of drug-likeness (QED) is 0.311. The number of hydrogen-bond donors (Lipinski definition) is 4. The van der Waals surface area contributed by atoms with Gasteiger partial charge in [0.05, 0.1) is 16.7 Å². The molecule has 0 spiro atoms. The van der Waals surface area contributed by atoms with Gasteiger partial charge in [-0.15, -0.1) is 0 Å². The van der Waals surface area contributed by atoms with Gasteiger partial charge in [0.25, 0.3) is 10.0 Å². The number of aliphatic hydroxyl groups excluding tert-OH is 1. The molecule has 170 valence electrons. The number of aromatic hydroxyl groups is 1. The summed E-state index contributed by atoms with van der Waals surface area (Å²) in [5.41, 5.74) is 1.95. The molecule has 0 aromatic heterocycles. The summed E-state index contributed by atoms with van der Waals surface area (Å²) in [6, 6.07) is 17.6. The lowest BCUT2D eigenvalue weighted by molar-refractivity contribution is 0.136. The number of phenolic OH excluding ortho intramolecular Hbond substituents is 1. The molecule has 0 unspecified atom stereocenters. The lowest BCUT2D eigenvalue weighted by Crippen LogP contribution is -2.33. The summed E-state index contributed by atoms with van der Waals surface area (Å²) in [5, 5.41) is 23.5. The number of rotatable bonds is 9. The second kappa shape index (κ2) is 10.7. The summed E-state index contributed by atoms with van der Waals surface area (Å²) in [5.74, 6) is 0.152. The molecule has 2 atom stereocenters. The maximum Gasteiger partial charge on any atom is 0.261 e. The molecule has 0 aliphatic carbocycles. The Hall–Kier alpha value is -2.10. The van der Waals surface area contributed by atoms with Crippen LogP contribution < -0.4 is 10.0 Å². The molecule has 0 saturated carbocycles. The first-order chi connectivity index (χ1) is 15.2. The minimum Gasteiger partial charge on any atom is -0.508 e. The highest BCUT2D eigenvalue weighted by molar-refractivity contribution is 9.10. The van der Waals surface area contributed by atoms with Crippen molar-refractivity contribution in [1.29, 1.82) is 0 Å². The van der Waals surface area contributed by atoms with Gasteiger partial charge in [-0.25, -0.2) is 8.42 Å². The number of hydrogen-bond acceptors (Lipinski definition) is 5. The summed E-state index contributed by atoms with van der Waals surface area (Å²) in [4.78, 5) is 0.159. The zero-order valence-electron chi connectivity index (χ0n) is 17.3. The molecule has 0 heterocycles. The van der Waals surface area contributed by atoms with Crippen molar-refractivity contribution in [2.24, 2.45) is 0 Å². The highest BCUT2D eigenvalue weighted by atomic mass is 79.9. The number of nitrogens with one attached hydrogen (secondary N) is 2. The zero-order valence-corrected chi connectivity index (χ0v) is 20.5. The third-order valence-corrected chi connectivity index (χ3v) is 7.28. The summed E-state index contributed by atoms with van der Waals surface area (Å²) in [6.07, 6.45) is -0.118. The van der Waals surface area contributed by atoms with Gasteiger partial charge in [0.2, 0.25) is 0 Å². The van der Waals surface area contributed by atoms with Gasteiger partial charge in [-0.1, -0.05) is 45.7 Å². The Balaban J connectivity index is 1.57. The number of phenols is 1. The molecule has 0 bridgehead atoms. The van der Waals surface area contributed by atoms with Gasteiger partial charge in [0.1, 0.15) is 5.75 Å². The average Bonchev–Trinajstić information content (AvgIpc) is 2.75. The maximum absolute atomic E-state index is 12.5. The predicted molar refractivity (Wildman–Crippen MR) is 131 cm³/mol. The van der Waals surface area contributed by atoms with E-state index in [4.69, 9.17) is 11.6 Å². The fourth-order valence-electron chi connectivity index (χ4n) is 3.15. The lowest BCUT2D eigenvalue weighted by Gasteiger charge is -2.21. The van der Waals surface area contributed by atoms with Crippen molar-refractivity contribution in [1.82, 2.24) is 5.32 Å². The van der Waals surface area contributed by atoms with E-state index in [-0.39, 0.29) is 16.7 Å². The van der Waals surface area contributed by atoms with Gasteiger partial charge in [0, 0.05) is 15.5 Å². The molecule has 0 aliphatic heterocycles. The monoisotopic (exact) mass is 538 g/mol. The smallest absolute Gasteiger partial charge is 0.261 e. The molecule has 9 heteroatoms. The molecule has 32 heavy (non-hydrogen) atoms. The Bertz CT molecular complexity index is 1160. The topological polar surface area (TPSA) is 98.7 Å². The van der Waals surface area contributed by atoms with Crippen molar-refractivity contribution in [3.8, 4) is 5.75 Å². The molecule has 3 aromatic carbocycles. The first-order valence-corrected chi connectivity index (χ1v) is 12.6. The van der Waals surface area contributed by atoms with Crippen LogP contribution in [0, 0.1) is 0 Å².